The lowest BCUT2D eigenvalue weighted by Gasteiger charge is -2.26. The largest absolute Gasteiger partial charge is 0.493 e. The highest BCUT2D eigenvalue weighted by Gasteiger charge is 2.22. The Morgan fingerprint density at radius 2 is 1.62 bits per heavy atom. The Bertz CT molecular complexity index is 728. The number of esters is 1. The van der Waals surface area contributed by atoms with E-state index in [0.29, 0.717) is 25.2 Å². The van der Waals surface area contributed by atoms with Crippen LogP contribution in [0.2, 0.25) is 0 Å². The van der Waals surface area contributed by atoms with Gasteiger partial charge in [-0.05, 0) is 37.1 Å². The second-order valence-electron chi connectivity index (χ2n) is 6.76. The Labute approximate surface area is 156 Å². The van der Waals surface area contributed by atoms with Crippen molar-refractivity contribution in [1.29, 1.82) is 0 Å². The van der Waals surface area contributed by atoms with Crippen LogP contribution in [0.3, 0.4) is 0 Å². The predicted octanol–water partition coefficient (Wildman–Crippen LogP) is 5.29. The van der Waals surface area contributed by atoms with E-state index in [1.165, 1.54) is 11.1 Å². The summed E-state index contributed by atoms with van der Waals surface area (Å²) in [7, 11) is 0. The number of hydrogen-bond donors (Lipinski definition) is 0. The molecule has 0 aliphatic heterocycles. The van der Waals surface area contributed by atoms with E-state index >= 15 is 0 Å². The lowest BCUT2D eigenvalue weighted by molar-refractivity contribution is -0.138. The van der Waals surface area contributed by atoms with Gasteiger partial charge in [-0.15, -0.1) is 0 Å². The molecular formula is C23H28O3. The minimum absolute atomic E-state index is 0.0563. The summed E-state index contributed by atoms with van der Waals surface area (Å²) >= 11 is 0. The van der Waals surface area contributed by atoms with Crippen LogP contribution in [0.4, 0.5) is 0 Å². The Morgan fingerprint density at radius 3 is 2.23 bits per heavy atom. The Hall–Kier alpha value is -2.55. The molecule has 2 aromatic rings. The topological polar surface area (TPSA) is 35.5 Å². The van der Waals surface area contributed by atoms with Gasteiger partial charge in [-0.3, -0.25) is 0 Å². The van der Waals surface area contributed by atoms with Crippen molar-refractivity contribution in [3.8, 4) is 5.75 Å². The van der Waals surface area contributed by atoms with E-state index in [1.807, 2.05) is 24.3 Å². The van der Waals surface area contributed by atoms with Crippen molar-refractivity contribution in [3.05, 3.63) is 77.4 Å². The molecule has 0 atom stereocenters. The van der Waals surface area contributed by atoms with E-state index in [9.17, 15) is 4.79 Å². The zero-order chi connectivity index (χ0) is 19.0. The standard InChI is InChI=1S/C23H28O3/c1-5-25-22(24)18(2)10-9-17-26-21-15-13-20(14-16-21)23(3,4)19-11-7-6-8-12-19/h6-8,10-16H,5,9,17H2,1-4H3. The number of carbonyl (C=O) groups excluding carboxylic acids is 1. The zero-order valence-corrected chi connectivity index (χ0v) is 16.1. The van der Waals surface area contributed by atoms with E-state index in [4.69, 9.17) is 9.47 Å². The van der Waals surface area contributed by atoms with Gasteiger partial charge in [-0.1, -0.05) is 62.4 Å². The van der Waals surface area contributed by atoms with E-state index in [1.54, 1.807) is 13.8 Å². The minimum atomic E-state index is -0.264. The van der Waals surface area contributed by atoms with Crippen LogP contribution in [-0.2, 0) is 14.9 Å². The van der Waals surface area contributed by atoms with Gasteiger partial charge < -0.3 is 9.47 Å². The summed E-state index contributed by atoms with van der Waals surface area (Å²) < 4.78 is 10.7. The number of carbonyl (C=O) groups is 1. The van der Waals surface area contributed by atoms with Crippen molar-refractivity contribution in [3.63, 3.8) is 0 Å². The third-order valence-corrected chi connectivity index (χ3v) is 4.51. The highest BCUT2D eigenvalue weighted by molar-refractivity contribution is 5.87. The molecule has 0 amide bonds. The predicted molar refractivity (Wildman–Crippen MR) is 106 cm³/mol. The van der Waals surface area contributed by atoms with E-state index < -0.39 is 0 Å². The summed E-state index contributed by atoms with van der Waals surface area (Å²) in [5, 5.41) is 0. The molecule has 0 saturated carbocycles. The molecule has 0 radical (unpaired) electrons. The van der Waals surface area contributed by atoms with Crippen LogP contribution < -0.4 is 4.74 Å². The first-order valence-electron chi connectivity index (χ1n) is 9.08. The normalized spacial score (nSPS) is 11.9. The average Bonchev–Trinajstić information content (AvgIpc) is 2.66. The second kappa shape index (κ2) is 9.23. The number of rotatable bonds is 8. The van der Waals surface area contributed by atoms with Gasteiger partial charge in [0.15, 0.2) is 0 Å². The molecule has 0 aromatic heterocycles. The Balaban J connectivity index is 1.92. The molecular weight excluding hydrogens is 324 g/mol. The van der Waals surface area contributed by atoms with Crippen molar-refractivity contribution in [2.45, 2.75) is 39.5 Å². The molecule has 0 aliphatic carbocycles. The van der Waals surface area contributed by atoms with Crippen LogP contribution in [-0.4, -0.2) is 19.2 Å². The van der Waals surface area contributed by atoms with Gasteiger partial charge in [-0.25, -0.2) is 4.79 Å². The quantitative estimate of drug-likeness (QED) is 0.368. The smallest absolute Gasteiger partial charge is 0.333 e. The fraction of sp³-hybridized carbons (Fsp3) is 0.348. The summed E-state index contributed by atoms with van der Waals surface area (Å²) in [4.78, 5) is 11.5. The third kappa shape index (κ3) is 5.22. The first-order chi connectivity index (χ1) is 12.4. The highest BCUT2D eigenvalue weighted by Crippen LogP contribution is 2.32. The Morgan fingerprint density at radius 1 is 1.00 bits per heavy atom. The second-order valence-corrected chi connectivity index (χ2v) is 6.76. The average molecular weight is 352 g/mol. The molecule has 26 heavy (non-hydrogen) atoms. The van der Waals surface area contributed by atoms with Gasteiger partial charge in [0.1, 0.15) is 5.75 Å². The van der Waals surface area contributed by atoms with E-state index in [0.717, 1.165) is 5.75 Å². The van der Waals surface area contributed by atoms with Crippen LogP contribution in [0.15, 0.2) is 66.2 Å². The molecule has 2 aromatic carbocycles. The molecule has 0 spiro atoms. The summed E-state index contributed by atoms with van der Waals surface area (Å²) in [6.45, 7) is 8.93. The summed E-state index contributed by atoms with van der Waals surface area (Å²) in [6.07, 6.45) is 2.52. The third-order valence-electron chi connectivity index (χ3n) is 4.51. The first kappa shape index (κ1) is 19.8. The maximum Gasteiger partial charge on any atom is 0.333 e. The summed E-state index contributed by atoms with van der Waals surface area (Å²) in [5.74, 6) is 0.569. The molecule has 0 saturated heterocycles. The van der Waals surface area contributed by atoms with Gasteiger partial charge >= 0.3 is 5.97 Å². The minimum Gasteiger partial charge on any atom is -0.493 e. The van der Waals surface area contributed by atoms with Crippen molar-refractivity contribution in [2.24, 2.45) is 0 Å². The zero-order valence-electron chi connectivity index (χ0n) is 16.1. The molecule has 0 bridgehead atoms. The lowest BCUT2D eigenvalue weighted by atomic mass is 9.78. The van der Waals surface area contributed by atoms with Gasteiger partial charge in [0.25, 0.3) is 0 Å². The SMILES string of the molecule is CCOC(=O)C(C)=CCCOc1ccc(C(C)(C)c2ccccc2)cc1. The Kier molecular flexibility index (Phi) is 7.02. The van der Waals surface area contributed by atoms with Crippen LogP contribution in [0.25, 0.3) is 0 Å². The molecule has 3 nitrogen and oxygen atoms in total. The molecule has 0 unspecified atom stereocenters. The van der Waals surface area contributed by atoms with Crippen LogP contribution >= 0.6 is 0 Å². The maximum atomic E-state index is 11.5. The molecule has 3 heteroatoms. The van der Waals surface area contributed by atoms with E-state index in [-0.39, 0.29) is 11.4 Å². The van der Waals surface area contributed by atoms with E-state index in [2.05, 4.69) is 50.2 Å². The van der Waals surface area contributed by atoms with Crippen molar-refractivity contribution in [1.82, 2.24) is 0 Å². The number of hydrogen-bond acceptors (Lipinski definition) is 3. The molecule has 2 rings (SSSR count). The highest BCUT2D eigenvalue weighted by atomic mass is 16.5. The van der Waals surface area contributed by atoms with Gasteiger partial charge in [0, 0.05) is 17.4 Å². The fourth-order valence-electron chi connectivity index (χ4n) is 2.77. The van der Waals surface area contributed by atoms with Crippen LogP contribution in [0, 0.1) is 0 Å². The molecule has 0 N–H and O–H groups in total. The number of benzene rings is 2. The van der Waals surface area contributed by atoms with Gasteiger partial charge in [0.2, 0.25) is 0 Å². The van der Waals surface area contributed by atoms with Crippen molar-refractivity contribution >= 4 is 5.97 Å². The van der Waals surface area contributed by atoms with Gasteiger partial charge in [0.05, 0.1) is 13.2 Å². The maximum absolute atomic E-state index is 11.5. The van der Waals surface area contributed by atoms with Gasteiger partial charge in [-0.2, -0.15) is 0 Å². The monoisotopic (exact) mass is 352 g/mol. The molecule has 138 valence electrons. The molecule has 0 heterocycles. The molecule has 0 fully saturated rings. The molecule has 0 aliphatic rings. The van der Waals surface area contributed by atoms with Crippen molar-refractivity contribution < 1.29 is 14.3 Å². The van der Waals surface area contributed by atoms with Crippen LogP contribution in [0.5, 0.6) is 5.75 Å². The summed E-state index contributed by atoms with van der Waals surface area (Å²) in [5.41, 5.74) is 3.09. The fourth-order valence-corrected chi connectivity index (χ4v) is 2.77. The summed E-state index contributed by atoms with van der Waals surface area (Å²) in [6, 6.07) is 18.7. The lowest BCUT2D eigenvalue weighted by Crippen LogP contribution is -2.18. The number of ether oxygens (including phenoxy) is 2. The first-order valence-corrected chi connectivity index (χ1v) is 9.08. The van der Waals surface area contributed by atoms with Crippen molar-refractivity contribution in [2.75, 3.05) is 13.2 Å². The van der Waals surface area contributed by atoms with Crippen LogP contribution in [0.1, 0.15) is 45.2 Å².